The minimum atomic E-state index is -0.122. The first-order valence-corrected chi connectivity index (χ1v) is 6.60. The number of nitrogens with one attached hydrogen (secondary N) is 1. The third-order valence-electron chi connectivity index (χ3n) is 2.35. The van der Waals surface area contributed by atoms with Crippen molar-refractivity contribution in [2.75, 3.05) is 30.8 Å². The third-order valence-corrected chi connectivity index (χ3v) is 2.35. The Kier molecular flexibility index (Phi) is 5.95. The Hall–Kier alpha value is -2.12. The summed E-state index contributed by atoms with van der Waals surface area (Å²) in [6, 6.07) is 0.167. The number of carbonyl (C=O) groups is 1. The highest BCUT2D eigenvalue weighted by Crippen LogP contribution is 2.14. The molecular formula is C12H22N6O2. The van der Waals surface area contributed by atoms with Crippen LogP contribution >= 0.6 is 0 Å². The molecule has 0 bridgehead atoms. The maximum atomic E-state index is 11.5. The van der Waals surface area contributed by atoms with Crippen molar-refractivity contribution in [3.8, 4) is 6.01 Å². The minimum absolute atomic E-state index is 0.0665. The summed E-state index contributed by atoms with van der Waals surface area (Å²) in [5, 5.41) is 2.57. The molecule has 8 heteroatoms. The molecule has 0 aliphatic carbocycles. The van der Waals surface area contributed by atoms with Gasteiger partial charge >= 0.3 is 6.01 Å². The molecule has 0 unspecified atom stereocenters. The molecule has 1 amide bonds. The van der Waals surface area contributed by atoms with Gasteiger partial charge in [-0.25, -0.2) is 0 Å². The lowest BCUT2D eigenvalue weighted by Gasteiger charge is -2.21. The van der Waals surface area contributed by atoms with Crippen molar-refractivity contribution < 1.29 is 9.53 Å². The first kappa shape index (κ1) is 15.9. The van der Waals surface area contributed by atoms with E-state index in [4.69, 9.17) is 10.5 Å². The number of hydrogen-bond acceptors (Lipinski definition) is 7. The van der Waals surface area contributed by atoms with Crippen LogP contribution in [-0.2, 0) is 4.79 Å². The lowest BCUT2D eigenvalue weighted by atomic mass is 10.4. The predicted octanol–water partition coefficient (Wildman–Crippen LogP) is 0.203. The summed E-state index contributed by atoms with van der Waals surface area (Å²) in [4.78, 5) is 25.5. The highest BCUT2D eigenvalue weighted by Gasteiger charge is 2.16. The first-order chi connectivity index (χ1) is 9.46. The van der Waals surface area contributed by atoms with Crippen LogP contribution in [0.15, 0.2) is 0 Å². The maximum Gasteiger partial charge on any atom is 0.323 e. The van der Waals surface area contributed by atoms with Crippen molar-refractivity contribution in [2.24, 2.45) is 0 Å². The summed E-state index contributed by atoms with van der Waals surface area (Å²) in [6.45, 7) is 6.54. The Morgan fingerprint density at radius 2 is 2.10 bits per heavy atom. The van der Waals surface area contributed by atoms with Crippen LogP contribution in [0.4, 0.5) is 11.9 Å². The standard InChI is InChI=1S/C12H22N6O2/c1-5-6-18(7-9(19)14-4)11-15-10(13)16-12(17-11)20-8(2)3/h8H,5-7H2,1-4H3,(H,14,19)(H2,13,15,16,17). The van der Waals surface area contributed by atoms with Crippen molar-refractivity contribution in [2.45, 2.75) is 33.3 Å². The zero-order valence-corrected chi connectivity index (χ0v) is 12.4. The Morgan fingerprint density at radius 3 is 2.65 bits per heavy atom. The lowest BCUT2D eigenvalue weighted by Crippen LogP contribution is -2.37. The number of aromatic nitrogens is 3. The van der Waals surface area contributed by atoms with Gasteiger partial charge in [-0.3, -0.25) is 4.79 Å². The molecule has 3 N–H and O–H groups in total. The Bertz CT molecular complexity index is 452. The molecular weight excluding hydrogens is 260 g/mol. The molecule has 0 aromatic carbocycles. The molecule has 0 radical (unpaired) electrons. The van der Waals surface area contributed by atoms with Crippen molar-refractivity contribution in [1.82, 2.24) is 20.3 Å². The normalized spacial score (nSPS) is 10.4. The molecule has 112 valence electrons. The number of nitrogens with two attached hydrogens (primary N) is 1. The van der Waals surface area contributed by atoms with E-state index in [9.17, 15) is 4.79 Å². The third kappa shape index (κ3) is 4.87. The average Bonchev–Trinajstić information content (AvgIpc) is 2.36. The number of anilines is 2. The van der Waals surface area contributed by atoms with E-state index in [0.29, 0.717) is 12.5 Å². The van der Waals surface area contributed by atoms with Crippen LogP contribution < -0.4 is 20.7 Å². The van der Waals surface area contributed by atoms with Crippen LogP contribution in [0.2, 0.25) is 0 Å². The Labute approximate surface area is 118 Å². The number of likely N-dealkylation sites (N-methyl/N-ethyl adjacent to an activating group) is 1. The second kappa shape index (κ2) is 7.46. The van der Waals surface area contributed by atoms with Crippen LogP contribution in [0.25, 0.3) is 0 Å². The van der Waals surface area contributed by atoms with Gasteiger partial charge in [0, 0.05) is 13.6 Å². The quantitative estimate of drug-likeness (QED) is 0.736. The van der Waals surface area contributed by atoms with Gasteiger partial charge in [0.05, 0.1) is 12.6 Å². The summed E-state index contributed by atoms with van der Waals surface area (Å²) >= 11 is 0. The fraction of sp³-hybridized carbons (Fsp3) is 0.667. The molecule has 20 heavy (non-hydrogen) atoms. The van der Waals surface area contributed by atoms with E-state index in [0.717, 1.165) is 6.42 Å². The molecule has 8 nitrogen and oxygen atoms in total. The number of ether oxygens (including phenoxy) is 1. The summed E-state index contributed by atoms with van der Waals surface area (Å²) in [5.41, 5.74) is 5.66. The van der Waals surface area contributed by atoms with Gasteiger partial charge in [-0.15, -0.1) is 0 Å². The van der Waals surface area contributed by atoms with Crippen LogP contribution in [-0.4, -0.2) is 47.1 Å². The first-order valence-electron chi connectivity index (χ1n) is 6.60. The van der Waals surface area contributed by atoms with Gasteiger partial charge in [0.1, 0.15) is 0 Å². The Morgan fingerprint density at radius 1 is 1.40 bits per heavy atom. The molecule has 0 aliphatic rings. The van der Waals surface area contributed by atoms with Crippen molar-refractivity contribution in [3.63, 3.8) is 0 Å². The van der Waals surface area contributed by atoms with Gasteiger partial charge in [0.15, 0.2) is 0 Å². The second-order valence-electron chi connectivity index (χ2n) is 4.54. The molecule has 1 aromatic rings. The predicted molar refractivity (Wildman–Crippen MR) is 76.6 cm³/mol. The monoisotopic (exact) mass is 282 g/mol. The lowest BCUT2D eigenvalue weighted by molar-refractivity contribution is -0.119. The summed E-state index contributed by atoms with van der Waals surface area (Å²) in [6.07, 6.45) is 0.784. The molecule has 0 saturated heterocycles. The van der Waals surface area contributed by atoms with Gasteiger partial charge < -0.3 is 20.7 Å². The summed E-state index contributed by atoms with van der Waals surface area (Å²) in [7, 11) is 1.58. The van der Waals surface area contributed by atoms with E-state index >= 15 is 0 Å². The molecule has 1 aromatic heterocycles. The molecule has 0 aliphatic heterocycles. The topological polar surface area (TPSA) is 106 Å². The number of amides is 1. The smallest absolute Gasteiger partial charge is 0.323 e. The highest BCUT2D eigenvalue weighted by molar-refractivity contribution is 5.80. The SMILES string of the molecule is CCCN(CC(=O)NC)c1nc(N)nc(OC(C)C)n1. The average molecular weight is 282 g/mol. The number of nitrogen functional groups attached to an aromatic ring is 1. The number of hydrogen-bond donors (Lipinski definition) is 2. The van der Waals surface area contributed by atoms with E-state index in [2.05, 4.69) is 20.3 Å². The van der Waals surface area contributed by atoms with Crippen molar-refractivity contribution in [3.05, 3.63) is 0 Å². The summed E-state index contributed by atoms with van der Waals surface area (Å²) < 4.78 is 5.43. The van der Waals surface area contributed by atoms with Gasteiger partial charge in [-0.05, 0) is 20.3 Å². The largest absolute Gasteiger partial charge is 0.461 e. The second-order valence-corrected chi connectivity index (χ2v) is 4.54. The van der Waals surface area contributed by atoms with Crippen molar-refractivity contribution >= 4 is 17.8 Å². The fourth-order valence-corrected chi connectivity index (χ4v) is 1.54. The minimum Gasteiger partial charge on any atom is -0.461 e. The van der Waals surface area contributed by atoms with E-state index in [1.165, 1.54) is 0 Å². The van der Waals surface area contributed by atoms with Gasteiger partial charge in [0.25, 0.3) is 0 Å². The fourth-order valence-electron chi connectivity index (χ4n) is 1.54. The van der Waals surface area contributed by atoms with E-state index in [-0.39, 0.29) is 30.5 Å². The number of rotatable bonds is 7. The summed E-state index contributed by atoms with van der Waals surface area (Å²) in [5.74, 6) is 0.297. The van der Waals surface area contributed by atoms with E-state index < -0.39 is 0 Å². The number of nitrogens with zero attached hydrogens (tertiary/aromatic N) is 4. The molecule has 0 atom stereocenters. The highest BCUT2D eigenvalue weighted by atomic mass is 16.5. The van der Waals surface area contributed by atoms with Crippen LogP contribution in [0.5, 0.6) is 6.01 Å². The van der Waals surface area contributed by atoms with Gasteiger partial charge in [-0.1, -0.05) is 6.92 Å². The van der Waals surface area contributed by atoms with Crippen LogP contribution in [0.1, 0.15) is 27.2 Å². The number of carbonyl (C=O) groups excluding carboxylic acids is 1. The molecule has 1 rings (SSSR count). The van der Waals surface area contributed by atoms with Crippen LogP contribution in [0.3, 0.4) is 0 Å². The van der Waals surface area contributed by atoms with E-state index in [1.807, 2.05) is 20.8 Å². The molecule has 0 saturated carbocycles. The van der Waals surface area contributed by atoms with E-state index in [1.54, 1.807) is 11.9 Å². The zero-order chi connectivity index (χ0) is 15.1. The zero-order valence-electron chi connectivity index (χ0n) is 12.4. The van der Waals surface area contributed by atoms with Crippen LogP contribution in [0, 0.1) is 0 Å². The van der Waals surface area contributed by atoms with Gasteiger partial charge in [0.2, 0.25) is 17.8 Å². The van der Waals surface area contributed by atoms with Gasteiger partial charge in [-0.2, -0.15) is 15.0 Å². The molecule has 0 spiro atoms. The Balaban J connectivity index is 2.99. The molecule has 0 fully saturated rings. The van der Waals surface area contributed by atoms with Crippen molar-refractivity contribution in [1.29, 1.82) is 0 Å². The molecule has 1 heterocycles. The maximum absolute atomic E-state index is 11.5.